The van der Waals surface area contributed by atoms with E-state index in [9.17, 15) is 18.0 Å². The number of sulfonamides is 1. The van der Waals surface area contributed by atoms with E-state index in [4.69, 9.17) is 23.2 Å². The van der Waals surface area contributed by atoms with E-state index in [1.165, 1.54) is 18.2 Å². The summed E-state index contributed by atoms with van der Waals surface area (Å²) in [5.41, 5.74) is 1.67. The Morgan fingerprint density at radius 2 is 1.61 bits per heavy atom. The number of likely N-dealkylation sites (N-methyl/N-ethyl adjacent to an activating group) is 1. The van der Waals surface area contributed by atoms with Crippen molar-refractivity contribution < 1.29 is 18.0 Å². The highest BCUT2D eigenvalue weighted by Crippen LogP contribution is 2.24. The molecule has 226 valence electrons. The predicted octanol–water partition coefficient (Wildman–Crippen LogP) is 3.76. The summed E-state index contributed by atoms with van der Waals surface area (Å²) < 4.78 is 27.5. The number of piperazine rings is 1. The molecule has 3 rings (SSSR count). The van der Waals surface area contributed by atoms with Crippen LogP contribution in [0.4, 0.5) is 0 Å². The van der Waals surface area contributed by atoms with E-state index in [2.05, 4.69) is 32.2 Å². The van der Waals surface area contributed by atoms with Gasteiger partial charge >= 0.3 is 0 Å². The molecule has 9 nitrogen and oxygen atoms in total. The van der Waals surface area contributed by atoms with Crippen LogP contribution in [0.5, 0.6) is 0 Å². The van der Waals surface area contributed by atoms with Crippen molar-refractivity contribution in [2.24, 2.45) is 5.92 Å². The average Bonchev–Trinajstić information content (AvgIpc) is 2.91. The molecule has 1 atom stereocenters. The van der Waals surface area contributed by atoms with Crippen molar-refractivity contribution in [1.82, 2.24) is 25.2 Å². The Hall–Kier alpha value is -2.21. The first-order valence-corrected chi connectivity index (χ1v) is 16.2. The van der Waals surface area contributed by atoms with Crippen LogP contribution in [0.15, 0.2) is 47.4 Å². The topological polar surface area (TPSA) is 111 Å². The number of nitrogens with one attached hydrogen (secondary N) is 3. The number of amides is 2. The molecule has 0 unspecified atom stereocenters. The first-order chi connectivity index (χ1) is 19.4. The summed E-state index contributed by atoms with van der Waals surface area (Å²) in [7, 11) is -1.64. The van der Waals surface area contributed by atoms with E-state index >= 15 is 0 Å². The van der Waals surface area contributed by atoms with Gasteiger partial charge in [-0.3, -0.25) is 14.5 Å². The second-order valence-electron chi connectivity index (χ2n) is 10.9. The second kappa shape index (κ2) is 15.9. The fourth-order valence-electron chi connectivity index (χ4n) is 4.53. The van der Waals surface area contributed by atoms with Crippen LogP contribution in [0, 0.1) is 5.92 Å². The molecule has 0 aromatic heterocycles. The summed E-state index contributed by atoms with van der Waals surface area (Å²) in [4.78, 5) is 30.6. The maximum atomic E-state index is 13.0. The Morgan fingerprint density at radius 1 is 0.951 bits per heavy atom. The third-order valence-corrected chi connectivity index (χ3v) is 9.10. The van der Waals surface area contributed by atoms with E-state index in [0.29, 0.717) is 36.4 Å². The molecule has 1 saturated heterocycles. The molecule has 1 fully saturated rings. The molecular formula is C29H41Cl2N5O4S. The van der Waals surface area contributed by atoms with Gasteiger partial charge in [-0.1, -0.05) is 49.2 Å². The Kier molecular flexibility index (Phi) is 12.9. The number of rotatable bonds is 14. The van der Waals surface area contributed by atoms with Gasteiger partial charge < -0.3 is 15.5 Å². The van der Waals surface area contributed by atoms with Crippen LogP contribution in [-0.2, 0) is 21.4 Å². The molecule has 2 amide bonds. The molecule has 41 heavy (non-hydrogen) atoms. The van der Waals surface area contributed by atoms with Crippen molar-refractivity contribution in [3.63, 3.8) is 0 Å². The highest BCUT2D eigenvalue weighted by atomic mass is 35.5. The van der Waals surface area contributed by atoms with Crippen molar-refractivity contribution in [3.8, 4) is 0 Å². The minimum Gasteiger partial charge on any atom is -0.354 e. The zero-order valence-electron chi connectivity index (χ0n) is 24.0. The lowest BCUT2D eigenvalue weighted by Crippen LogP contribution is -2.47. The molecule has 0 radical (unpaired) electrons. The van der Waals surface area contributed by atoms with Gasteiger partial charge in [-0.25, -0.2) is 13.1 Å². The molecular weight excluding hydrogens is 585 g/mol. The third-order valence-electron chi connectivity index (χ3n) is 6.93. The van der Waals surface area contributed by atoms with Gasteiger partial charge in [0.2, 0.25) is 15.9 Å². The van der Waals surface area contributed by atoms with Gasteiger partial charge in [0.1, 0.15) is 10.9 Å². The van der Waals surface area contributed by atoms with Crippen LogP contribution in [-0.4, -0.2) is 82.4 Å². The SMILES string of the molecule is CC(C)C[C@@H](NC(=O)c1ccc(CN2CCN(C)CC2)cc1)C(=O)NCCCCNS(=O)(=O)c1ccc(Cl)cc1Cl. The third kappa shape index (κ3) is 10.9. The minimum atomic E-state index is -3.77. The molecule has 2 aromatic rings. The summed E-state index contributed by atoms with van der Waals surface area (Å²) in [5.74, 6) is -0.342. The van der Waals surface area contributed by atoms with Gasteiger partial charge in [-0.15, -0.1) is 0 Å². The Morgan fingerprint density at radius 3 is 2.24 bits per heavy atom. The molecule has 1 aliphatic rings. The van der Waals surface area contributed by atoms with Crippen molar-refractivity contribution in [1.29, 1.82) is 0 Å². The predicted molar refractivity (Wildman–Crippen MR) is 164 cm³/mol. The largest absolute Gasteiger partial charge is 0.354 e. The standard InChI is InChI=1S/C29H41Cl2N5O4S/c1-21(2)18-26(34-28(37)23-8-6-22(7-9-23)20-36-16-14-35(3)15-17-36)29(38)32-12-4-5-13-33-41(39,40)27-11-10-24(30)19-25(27)31/h6-11,19,21,26,33H,4-5,12-18,20H2,1-3H3,(H,32,38)(H,34,37)/t26-/m1/s1. The van der Waals surface area contributed by atoms with Gasteiger partial charge in [-0.2, -0.15) is 0 Å². The molecule has 0 saturated carbocycles. The van der Waals surface area contributed by atoms with E-state index < -0.39 is 16.1 Å². The summed E-state index contributed by atoms with van der Waals surface area (Å²) in [6, 6.07) is 11.1. The lowest BCUT2D eigenvalue weighted by molar-refractivity contribution is -0.123. The van der Waals surface area contributed by atoms with Gasteiger partial charge in [0, 0.05) is 56.4 Å². The van der Waals surface area contributed by atoms with Crippen molar-refractivity contribution >= 4 is 45.0 Å². The molecule has 2 aromatic carbocycles. The summed E-state index contributed by atoms with van der Waals surface area (Å²) >= 11 is 11.9. The second-order valence-corrected chi connectivity index (χ2v) is 13.5. The molecule has 0 bridgehead atoms. The number of carbonyl (C=O) groups is 2. The van der Waals surface area contributed by atoms with Crippen LogP contribution in [0.3, 0.4) is 0 Å². The number of carbonyl (C=O) groups excluding carboxylic acids is 2. The Bertz CT molecular complexity index is 1270. The van der Waals surface area contributed by atoms with E-state index in [1.54, 1.807) is 0 Å². The van der Waals surface area contributed by atoms with Gasteiger partial charge in [0.15, 0.2) is 0 Å². The molecule has 12 heteroatoms. The number of nitrogens with zero attached hydrogens (tertiary/aromatic N) is 2. The van der Waals surface area contributed by atoms with E-state index in [0.717, 1.165) is 38.3 Å². The zero-order valence-corrected chi connectivity index (χ0v) is 26.3. The molecule has 0 spiro atoms. The van der Waals surface area contributed by atoms with Crippen LogP contribution in [0.1, 0.15) is 49.0 Å². The lowest BCUT2D eigenvalue weighted by Gasteiger charge is -2.32. The highest BCUT2D eigenvalue weighted by molar-refractivity contribution is 7.89. The first kappa shape index (κ1) is 33.3. The zero-order chi connectivity index (χ0) is 30.0. The summed E-state index contributed by atoms with van der Waals surface area (Å²) in [5, 5.41) is 6.17. The monoisotopic (exact) mass is 625 g/mol. The van der Waals surface area contributed by atoms with Crippen LogP contribution in [0.25, 0.3) is 0 Å². The van der Waals surface area contributed by atoms with Crippen LogP contribution >= 0.6 is 23.2 Å². The lowest BCUT2D eigenvalue weighted by atomic mass is 10.0. The fraction of sp³-hybridized carbons (Fsp3) is 0.517. The van der Waals surface area contributed by atoms with Crippen LogP contribution < -0.4 is 15.4 Å². The number of halogens is 2. The van der Waals surface area contributed by atoms with Gasteiger partial charge in [0.25, 0.3) is 5.91 Å². The highest BCUT2D eigenvalue weighted by Gasteiger charge is 2.23. The average molecular weight is 627 g/mol. The number of hydrogen-bond donors (Lipinski definition) is 3. The Labute approximate surface area is 254 Å². The molecule has 1 aliphatic heterocycles. The minimum absolute atomic E-state index is 0.0335. The smallest absolute Gasteiger partial charge is 0.251 e. The van der Waals surface area contributed by atoms with Crippen LogP contribution in [0.2, 0.25) is 10.0 Å². The van der Waals surface area contributed by atoms with Crippen molar-refractivity contribution in [2.75, 3.05) is 46.3 Å². The molecule has 0 aliphatic carbocycles. The number of hydrogen-bond acceptors (Lipinski definition) is 6. The quantitative estimate of drug-likeness (QED) is 0.276. The maximum absolute atomic E-state index is 13.0. The molecule has 1 heterocycles. The van der Waals surface area contributed by atoms with E-state index in [-0.39, 0.29) is 34.2 Å². The van der Waals surface area contributed by atoms with Crippen molar-refractivity contribution in [3.05, 3.63) is 63.6 Å². The van der Waals surface area contributed by atoms with Gasteiger partial charge in [0.05, 0.1) is 5.02 Å². The fourth-order valence-corrected chi connectivity index (χ4v) is 6.38. The Balaban J connectivity index is 1.43. The molecule has 3 N–H and O–H groups in total. The maximum Gasteiger partial charge on any atom is 0.251 e. The summed E-state index contributed by atoms with van der Waals surface area (Å²) in [6.07, 6.45) is 1.56. The van der Waals surface area contributed by atoms with E-state index in [1.807, 2.05) is 38.1 Å². The number of benzene rings is 2. The summed E-state index contributed by atoms with van der Waals surface area (Å²) in [6.45, 7) is 9.55. The van der Waals surface area contributed by atoms with Crippen molar-refractivity contribution in [2.45, 2.75) is 50.6 Å². The number of unbranched alkanes of at least 4 members (excludes halogenated alkanes) is 1. The van der Waals surface area contributed by atoms with Gasteiger partial charge in [-0.05, 0) is 68.1 Å². The first-order valence-electron chi connectivity index (χ1n) is 14.0. The normalized spacial score (nSPS) is 15.6.